The van der Waals surface area contributed by atoms with Gasteiger partial charge in [0.2, 0.25) is 5.71 Å². The molecular formula is C22H22N2O. The predicted octanol–water partition coefficient (Wildman–Crippen LogP) is 5.80. The number of benzene rings is 1. The largest absolute Gasteiger partial charge is 0.437 e. The van der Waals surface area contributed by atoms with Gasteiger partial charge in [-0.25, -0.2) is 4.98 Å². The van der Waals surface area contributed by atoms with Gasteiger partial charge in [0.1, 0.15) is 5.58 Å². The van der Waals surface area contributed by atoms with Crippen LogP contribution in [0.25, 0.3) is 33.3 Å². The lowest BCUT2D eigenvalue weighted by Gasteiger charge is -2.03. The smallest absolute Gasteiger partial charge is 0.227 e. The van der Waals surface area contributed by atoms with Gasteiger partial charge in [0.05, 0.1) is 5.69 Å². The Balaban J connectivity index is 1.84. The highest BCUT2D eigenvalue weighted by atomic mass is 16.3. The molecule has 0 aliphatic heterocycles. The van der Waals surface area contributed by atoms with Crippen LogP contribution in [0.3, 0.4) is 0 Å². The Hall–Kier alpha value is -2.68. The first kappa shape index (κ1) is 13.6. The summed E-state index contributed by atoms with van der Waals surface area (Å²) in [5, 5.41) is 2.02. The van der Waals surface area contributed by atoms with E-state index in [9.17, 15) is 0 Å². The van der Waals surface area contributed by atoms with Crippen molar-refractivity contribution in [2.75, 3.05) is 0 Å². The van der Waals surface area contributed by atoms with Crippen LogP contribution in [0.5, 0.6) is 0 Å². The quantitative estimate of drug-likeness (QED) is 0.474. The summed E-state index contributed by atoms with van der Waals surface area (Å²) in [6, 6.07) is 13.8. The van der Waals surface area contributed by atoms with Gasteiger partial charge in [0.25, 0.3) is 0 Å². The third-order valence-corrected chi connectivity index (χ3v) is 4.37. The van der Waals surface area contributed by atoms with Gasteiger partial charge in [-0.05, 0) is 48.5 Å². The lowest BCUT2D eigenvalue weighted by Crippen LogP contribution is -1.96. The molecule has 126 valence electrons. The van der Waals surface area contributed by atoms with Crippen LogP contribution in [0.1, 0.15) is 34.8 Å². The maximum absolute atomic E-state index is 7.82. The van der Waals surface area contributed by atoms with Crippen molar-refractivity contribution in [3.63, 3.8) is 0 Å². The van der Waals surface area contributed by atoms with Crippen molar-refractivity contribution in [1.82, 2.24) is 9.97 Å². The molecule has 0 spiro atoms. The SMILES string of the molecule is [2H]C([2H])(C)c1ccc(-c2cccc3c2oc2nc(CC(C)C)ccc23)nc1. The van der Waals surface area contributed by atoms with Crippen molar-refractivity contribution in [1.29, 1.82) is 0 Å². The van der Waals surface area contributed by atoms with E-state index >= 15 is 0 Å². The second-order valence-electron chi connectivity index (χ2n) is 6.72. The van der Waals surface area contributed by atoms with Gasteiger partial charge >= 0.3 is 0 Å². The number of para-hydroxylation sites is 1. The van der Waals surface area contributed by atoms with Crippen LogP contribution in [-0.4, -0.2) is 9.97 Å². The summed E-state index contributed by atoms with van der Waals surface area (Å²) in [7, 11) is 0. The van der Waals surface area contributed by atoms with Gasteiger partial charge in [0, 0.05) is 31.0 Å². The van der Waals surface area contributed by atoms with E-state index in [4.69, 9.17) is 12.1 Å². The standard InChI is InChI=1S/C22H22N2O/c1-4-15-8-11-20(23-13-15)19-7-5-6-17-18-10-9-16(12-14(2)3)24-22(18)25-21(17)19/h5-11,13-14H,4,12H2,1-3H3/i4D2. The van der Waals surface area contributed by atoms with E-state index in [1.165, 1.54) is 6.92 Å². The van der Waals surface area contributed by atoms with Crippen molar-refractivity contribution in [3.8, 4) is 11.3 Å². The summed E-state index contributed by atoms with van der Waals surface area (Å²) in [5.41, 5.74) is 4.65. The Kier molecular flexibility index (Phi) is 3.44. The number of aryl methyl sites for hydroxylation is 1. The maximum atomic E-state index is 7.82. The van der Waals surface area contributed by atoms with Crippen molar-refractivity contribution >= 4 is 22.1 Å². The van der Waals surface area contributed by atoms with E-state index in [0.717, 1.165) is 39.7 Å². The van der Waals surface area contributed by atoms with E-state index in [1.807, 2.05) is 24.3 Å². The van der Waals surface area contributed by atoms with E-state index in [0.29, 0.717) is 17.2 Å². The summed E-state index contributed by atoms with van der Waals surface area (Å²) in [6.07, 6.45) is 1.10. The second-order valence-corrected chi connectivity index (χ2v) is 6.72. The molecule has 0 N–H and O–H groups in total. The maximum Gasteiger partial charge on any atom is 0.227 e. The minimum absolute atomic E-state index is 0.539. The number of furan rings is 1. The molecule has 0 bridgehead atoms. The fourth-order valence-electron chi connectivity index (χ4n) is 3.15. The van der Waals surface area contributed by atoms with Gasteiger partial charge in [-0.2, -0.15) is 0 Å². The molecule has 0 aliphatic rings. The second kappa shape index (κ2) is 6.32. The average molecular weight is 332 g/mol. The zero-order valence-electron chi connectivity index (χ0n) is 16.7. The molecule has 3 nitrogen and oxygen atoms in total. The Labute approximate surface area is 150 Å². The normalized spacial score (nSPS) is 13.4. The number of hydrogen-bond donors (Lipinski definition) is 0. The minimum atomic E-state index is -1.41. The van der Waals surface area contributed by atoms with Crippen LogP contribution in [-0.2, 0) is 12.8 Å². The highest BCUT2D eigenvalue weighted by Gasteiger charge is 2.14. The molecule has 0 saturated carbocycles. The van der Waals surface area contributed by atoms with Gasteiger partial charge in [-0.15, -0.1) is 0 Å². The fourth-order valence-corrected chi connectivity index (χ4v) is 3.15. The van der Waals surface area contributed by atoms with E-state index in [-0.39, 0.29) is 0 Å². The summed E-state index contributed by atoms with van der Waals surface area (Å²) in [6.45, 7) is 5.89. The monoisotopic (exact) mass is 332 g/mol. The van der Waals surface area contributed by atoms with Crippen molar-refractivity contribution < 1.29 is 7.16 Å². The predicted molar refractivity (Wildman–Crippen MR) is 103 cm³/mol. The first-order valence-corrected chi connectivity index (χ1v) is 8.61. The molecule has 0 radical (unpaired) electrons. The first-order valence-electron chi connectivity index (χ1n) is 9.61. The van der Waals surface area contributed by atoms with E-state index in [1.54, 1.807) is 12.3 Å². The molecule has 4 aromatic rings. The molecule has 25 heavy (non-hydrogen) atoms. The molecule has 3 heterocycles. The van der Waals surface area contributed by atoms with Crippen LogP contribution in [0.4, 0.5) is 0 Å². The van der Waals surface area contributed by atoms with Crippen molar-refractivity contribution in [3.05, 3.63) is 59.9 Å². The summed E-state index contributed by atoms with van der Waals surface area (Å²) < 4.78 is 21.8. The van der Waals surface area contributed by atoms with Crippen LogP contribution >= 0.6 is 0 Å². The molecule has 3 aromatic heterocycles. The molecule has 0 aliphatic carbocycles. The van der Waals surface area contributed by atoms with Gasteiger partial charge in [-0.1, -0.05) is 39.0 Å². The van der Waals surface area contributed by atoms with Crippen LogP contribution in [0, 0.1) is 5.92 Å². The summed E-state index contributed by atoms with van der Waals surface area (Å²) in [5.74, 6) is 0.539. The number of nitrogens with zero attached hydrogens (tertiary/aromatic N) is 2. The van der Waals surface area contributed by atoms with E-state index < -0.39 is 6.37 Å². The summed E-state index contributed by atoms with van der Waals surface area (Å²) >= 11 is 0. The van der Waals surface area contributed by atoms with Gasteiger partial charge in [-0.3, -0.25) is 4.98 Å². The topological polar surface area (TPSA) is 38.9 Å². The highest BCUT2D eigenvalue weighted by Crippen LogP contribution is 2.34. The molecule has 0 saturated heterocycles. The van der Waals surface area contributed by atoms with Gasteiger partial charge < -0.3 is 4.42 Å². The number of hydrogen-bond acceptors (Lipinski definition) is 3. The zero-order valence-corrected chi connectivity index (χ0v) is 14.7. The van der Waals surface area contributed by atoms with Crippen molar-refractivity contribution in [2.45, 2.75) is 33.6 Å². The molecule has 1 aromatic carbocycles. The molecular weight excluding hydrogens is 308 g/mol. The highest BCUT2D eigenvalue weighted by molar-refractivity contribution is 6.08. The van der Waals surface area contributed by atoms with Crippen LogP contribution in [0.2, 0.25) is 0 Å². The number of rotatable bonds is 4. The molecule has 0 fully saturated rings. The lowest BCUT2D eigenvalue weighted by molar-refractivity contribution is 0.621. The van der Waals surface area contributed by atoms with Crippen LogP contribution < -0.4 is 0 Å². The molecule has 0 unspecified atom stereocenters. The van der Waals surface area contributed by atoms with E-state index in [2.05, 4.69) is 31.0 Å². The average Bonchev–Trinajstić information content (AvgIpc) is 2.98. The third kappa shape index (κ3) is 2.91. The first-order chi connectivity index (χ1) is 12.8. The Morgan fingerprint density at radius 1 is 1.08 bits per heavy atom. The Morgan fingerprint density at radius 2 is 1.96 bits per heavy atom. The van der Waals surface area contributed by atoms with Crippen LogP contribution in [0.15, 0.2) is 53.1 Å². The van der Waals surface area contributed by atoms with Crippen molar-refractivity contribution in [2.24, 2.45) is 5.92 Å². The molecule has 4 rings (SSSR count). The number of fused-ring (bicyclic) bond motifs is 3. The molecule has 3 heteroatoms. The van der Waals surface area contributed by atoms with Gasteiger partial charge in [0.15, 0.2) is 0 Å². The third-order valence-electron chi connectivity index (χ3n) is 4.37. The lowest BCUT2D eigenvalue weighted by atomic mass is 10.0. The minimum Gasteiger partial charge on any atom is -0.437 e. The molecule has 0 amide bonds. The fraction of sp³-hybridized carbons (Fsp3) is 0.273. The molecule has 0 atom stereocenters. The Bertz CT molecular complexity index is 1110. The summed E-state index contributed by atoms with van der Waals surface area (Å²) in [4.78, 5) is 9.17. The Morgan fingerprint density at radius 3 is 2.68 bits per heavy atom. The number of aromatic nitrogens is 2. The zero-order chi connectivity index (χ0) is 19.2. The number of pyridine rings is 2.